The Morgan fingerprint density at radius 1 is 1.17 bits per heavy atom. The lowest BCUT2D eigenvalue weighted by Gasteiger charge is -2.33. The highest BCUT2D eigenvalue weighted by molar-refractivity contribution is 8.03. The molecule has 4 rings (SSSR count). The molecule has 180 valence electrons. The van der Waals surface area contributed by atoms with Gasteiger partial charge >= 0.3 is 0 Å². The number of Topliss-reactive ketones (excluding diaryl/α,β-unsaturated/α-hetero) is 1. The second kappa shape index (κ2) is 11.3. The van der Waals surface area contributed by atoms with E-state index < -0.39 is 5.92 Å². The van der Waals surface area contributed by atoms with Gasteiger partial charge in [-0.05, 0) is 43.9 Å². The standard InChI is InChI=1S/C28H29N3O3S/c1-3-18-10-5-7-12-21(18)30-25(33)17-35-28-20(16-29)26(19-11-6-8-15-24(19)34-4-2)27-22(31-28)13-9-14-23(27)32/h5-8,10-12,15,26,31H,3-4,9,13-14,17H2,1-2H3,(H,30,33). The summed E-state index contributed by atoms with van der Waals surface area (Å²) in [7, 11) is 0. The molecule has 7 heteroatoms. The van der Waals surface area contributed by atoms with E-state index in [1.807, 2.05) is 62.4 Å². The molecule has 0 spiro atoms. The Kier molecular flexibility index (Phi) is 7.94. The van der Waals surface area contributed by atoms with Crippen LogP contribution in [-0.2, 0) is 16.0 Å². The normalized spacial score (nSPS) is 17.4. The Morgan fingerprint density at radius 2 is 1.94 bits per heavy atom. The number of nitriles is 1. The molecule has 1 amide bonds. The van der Waals surface area contributed by atoms with Gasteiger partial charge in [-0.2, -0.15) is 5.26 Å². The molecule has 2 N–H and O–H groups in total. The van der Waals surface area contributed by atoms with Crippen molar-refractivity contribution in [2.45, 2.75) is 45.4 Å². The number of aryl methyl sites for hydroxylation is 1. The molecule has 1 unspecified atom stereocenters. The van der Waals surface area contributed by atoms with Crippen molar-refractivity contribution < 1.29 is 14.3 Å². The third-order valence-corrected chi connectivity index (χ3v) is 7.23. The summed E-state index contributed by atoms with van der Waals surface area (Å²) < 4.78 is 5.86. The molecule has 0 fully saturated rings. The van der Waals surface area contributed by atoms with Crippen molar-refractivity contribution in [1.82, 2.24) is 5.32 Å². The Bertz CT molecular complexity index is 1240. The number of nitrogens with zero attached hydrogens (tertiary/aromatic N) is 1. The molecule has 0 bridgehead atoms. The van der Waals surface area contributed by atoms with E-state index in [-0.39, 0.29) is 17.4 Å². The highest BCUT2D eigenvalue weighted by Gasteiger charge is 2.38. The van der Waals surface area contributed by atoms with Crippen molar-refractivity contribution in [3.8, 4) is 11.8 Å². The number of dihydropyridines is 1. The number of hydrogen-bond donors (Lipinski definition) is 2. The van der Waals surface area contributed by atoms with Gasteiger partial charge in [0.1, 0.15) is 5.75 Å². The van der Waals surface area contributed by atoms with Crippen LogP contribution in [0.25, 0.3) is 0 Å². The molecule has 0 aromatic heterocycles. The molecule has 2 aromatic rings. The number of anilines is 1. The molecule has 0 saturated carbocycles. The first-order valence-corrected chi connectivity index (χ1v) is 13.0. The minimum Gasteiger partial charge on any atom is -0.494 e. The number of para-hydroxylation sites is 2. The number of hydrogen-bond acceptors (Lipinski definition) is 6. The van der Waals surface area contributed by atoms with Crippen LogP contribution in [0.5, 0.6) is 5.75 Å². The number of ether oxygens (including phenoxy) is 1. The molecule has 1 heterocycles. The predicted molar refractivity (Wildman–Crippen MR) is 139 cm³/mol. The molecule has 2 aliphatic rings. The van der Waals surface area contributed by atoms with Crippen molar-refractivity contribution >= 4 is 29.1 Å². The Labute approximate surface area is 210 Å². The zero-order valence-corrected chi connectivity index (χ0v) is 20.8. The SMILES string of the molecule is CCOc1ccccc1C1C(C#N)=C(SCC(=O)Nc2ccccc2CC)NC2=C1C(=O)CCC2. The second-order valence-corrected chi connectivity index (χ2v) is 9.39. The smallest absolute Gasteiger partial charge is 0.234 e. The van der Waals surface area contributed by atoms with Gasteiger partial charge in [-0.1, -0.05) is 55.1 Å². The molecule has 1 aliphatic heterocycles. The summed E-state index contributed by atoms with van der Waals surface area (Å²) in [5.41, 5.74) is 4.61. The second-order valence-electron chi connectivity index (χ2n) is 8.40. The van der Waals surface area contributed by atoms with Crippen LogP contribution in [0.1, 0.15) is 50.2 Å². The van der Waals surface area contributed by atoms with Gasteiger partial charge in [0.25, 0.3) is 0 Å². The molecule has 1 aliphatic carbocycles. The highest BCUT2D eigenvalue weighted by atomic mass is 32.2. The lowest BCUT2D eigenvalue weighted by atomic mass is 9.76. The summed E-state index contributed by atoms with van der Waals surface area (Å²) in [4.78, 5) is 25.8. The topological polar surface area (TPSA) is 91.2 Å². The molecule has 35 heavy (non-hydrogen) atoms. The number of thioether (sulfide) groups is 1. The Balaban J connectivity index is 1.65. The van der Waals surface area contributed by atoms with Crippen LogP contribution < -0.4 is 15.4 Å². The molecular weight excluding hydrogens is 458 g/mol. The summed E-state index contributed by atoms with van der Waals surface area (Å²) >= 11 is 1.29. The fraction of sp³-hybridized carbons (Fsp3) is 0.321. The van der Waals surface area contributed by atoms with Gasteiger partial charge < -0.3 is 15.4 Å². The Hall–Kier alpha value is -3.50. The largest absolute Gasteiger partial charge is 0.494 e. The van der Waals surface area contributed by atoms with E-state index in [1.165, 1.54) is 11.8 Å². The maximum absolute atomic E-state index is 13.0. The van der Waals surface area contributed by atoms with Crippen LogP contribution >= 0.6 is 11.8 Å². The van der Waals surface area contributed by atoms with Crippen LogP contribution in [0.2, 0.25) is 0 Å². The third-order valence-electron chi connectivity index (χ3n) is 6.21. The summed E-state index contributed by atoms with van der Waals surface area (Å²) in [6, 6.07) is 17.7. The zero-order valence-electron chi connectivity index (χ0n) is 20.0. The van der Waals surface area contributed by atoms with Gasteiger partial charge in [-0.3, -0.25) is 9.59 Å². The number of carbonyl (C=O) groups is 2. The van der Waals surface area contributed by atoms with E-state index in [4.69, 9.17) is 4.74 Å². The van der Waals surface area contributed by atoms with Crippen LogP contribution in [0.3, 0.4) is 0 Å². The van der Waals surface area contributed by atoms with Crippen molar-refractivity contribution in [3.05, 3.63) is 81.5 Å². The minimum absolute atomic E-state index is 0.0563. The first-order chi connectivity index (χ1) is 17.1. The number of allylic oxidation sites excluding steroid dienone is 3. The lowest BCUT2D eigenvalue weighted by Crippen LogP contribution is -2.32. The molecule has 6 nitrogen and oxygen atoms in total. The van der Waals surface area contributed by atoms with E-state index >= 15 is 0 Å². The average Bonchev–Trinajstić information content (AvgIpc) is 2.87. The van der Waals surface area contributed by atoms with E-state index in [2.05, 4.69) is 16.7 Å². The van der Waals surface area contributed by atoms with Crippen molar-refractivity contribution in [2.75, 3.05) is 17.7 Å². The van der Waals surface area contributed by atoms with Gasteiger partial charge in [0.15, 0.2) is 5.78 Å². The van der Waals surface area contributed by atoms with Crippen LogP contribution in [0.4, 0.5) is 5.69 Å². The summed E-state index contributed by atoms with van der Waals surface area (Å²) in [6.45, 7) is 4.44. The monoisotopic (exact) mass is 487 g/mol. The predicted octanol–water partition coefficient (Wildman–Crippen LogP) is 5.45. The fourth-order valence-electron chi connectivity index (χ4n) is 4.63. The summed E-state index contributed by atoms with van der Waals surface area (Å²) in [5, 5.41) is 17.2. The molecule has 1 atom stereocenters. The minimum atomic E-state index is -0.516. The number of rotatable bonds is 8. The van der Waals surface area contributed by atoms with Gasteiger partial charge in [0.05, 0.1) is 34.9 Å². The number of amides is 1. The first-order valence-electron chi connectivity index (χ1n) is 12.0. The highest BCUT2D eigenvalue weighted by Crippen LogP contribution is 2.46. The van der Waals surface area contributed by atoms with Gasteiger partial charge in [0, 0.05) is 28.9 Å². The van der Waals surface area contributed by atoms with Crippen LogP contribution in [-0.4, -0.2) is 24.1 Å². The fourth-order valence-corrected chi connectivity index (χ4v) is 5.49. The van der Waals surface area contributed by atoms with Gasteiger partial charge in [-0.25, -0.2) is 0 Å². The molecular formula is C28H29N3O3S. The van der Waals surface area contributed by atoms with Gasteiger partial charge in [-0.15, -0.1) is 0 Å². The third kappa shape index (κ3) is 5.28. The summed E-state index contributed by atoms with van der Waals surface area (Å²) in [5.74, 6) is 0.201. The molecule has 0 saturated heterocycles. The maximum atomic E-state index is 13.0. The van der Waals surface area contributed by atoms with E-state index in [0.29, 0.717) is 35.0 Å². The van der Waals surface area contributed by atoms with Crippen molar-refractivity contribution in [2.24, 2.45) is 0 Å². The molecule has 2 aromatic carbocycles. The zero-order chi connectivity index (χ0) is 24.8. The van der Waals surface area contributed by atoms with Crippen LogP contribution in [0.15, 0.2) is 70.4 Å². The van der Waals surface area contributed by atoms with E-state index in [9.17, 15) is 14.9 Å². The van der Waals surface area contributed by atoms with Crippen molar-refractivity contribution in [1.29, 1.82) is 5.26 Å². The molecule has 0 radical (unpaired) electrons. The number of ketones is 1. The van der Waals surface area contributed by atoms with Crippen LogP contribution in [0, 0.1) is 11.3 Å². The Morgan fingerprint density at radius 3 is 2.71 bits per heavy atom. The summed E-state index contributed by atoms with van der Waals surface area (Å²) in [6.07, 6.45) is 2.78. The number of benzene rings is 2. The maximum Gasteiger partial charge on any atom is 0.234 e. The lowest BCUT2D eigenvalue weighted by molar-refractivity contribution is -0.116. The van der Waals surface area contributed by atoms with Gasteiger partial charge in [0.2, 0.25) is 5.91 Å². The van der Waals surface area contributed by atoms with E-state index in [1.54, 1.807) is 0 Å². The quantitative estimate of drug-likeness (QED) is 0.515. The first kappa shape index (κ1) is 24.6. The van der Waals surface area contributed by atoms with Crippen molar-refractivity contribution in [3.63, 3.8) is 0 Å². The number of nitrogens with one attached hydrogen (secondary N) is 2. The number of carbonyl (C=O) groups excluding carboxylic acids is 2. The van der Waals surface area contributed by atoms with E-state index in [0.717, 1.165) is 41.8 Å². The average molecular weight is 488 g/mol.